The van der Waals surface area contributed by atoms with E-state index in [1.807, 2.05) is 11.8 Å². The summed E-state index contributed by atoms with van der Waals surface area (Å²) in [6.07, 6.45) is 0. The maximum absolute atomic E-state index is 12.5. The number of nitrogens with zero attached hydrogens (tertiary/aromatic N) is 3. The molecule has 0 aromatic heterocycles. The number of aryl methyl sites for hydroxylation is 1. The molecule has 0 spiro atoms. The highest BCUT2D eigenvalue weighted by Gasteiger charge is 2.22. The minimum Gasteiger partial charge on any atom is -0.508 e. The van der Waals surface area contributed by atoms with Crippen molar-refractivity contribution >= 4 is 5.91 Å². The van der Waals surface area contributed by atoms with Crippen LogP contribution in [0.4, 0.5) is 0 Å². The van der Waals surface area contributed by atoms with Gasteiger partial charge in [0.1, 0.15) is 5.75 Å². The topological polar surface area (TPSA) is 47.0 Å². The molecular weight excluding hydrogens is 266 g/mol. The van der Waals surface area contributed by atoms with Crippen LogP contribution in [0.3, 0.4) is 0 Å². The highest BCUT2D eigenvalue weighted by Crippen LogP contribution is 2.18. The second kappa shape index (κ2) is 6.91. The summed E-state index contributed by atoms with van der Waals surface area (Å²) in [5, 5.41) is 9.54. The third kappa shape index (κ3) is 4.19. The fraction of sp³-hybridized carbons (Fsp3) is 0.562. The molecule has 1 aliphatic heterocycles. The Morgan fingerprint density at radius 2 is 1.90 bits per heavy atom. The van der Waals surface area contributed by atoms with Gasteiger partial charge in [0, 0.05) is 44.8 Å². The number of piperazine rings is 1. The van der Waals surface area contributed by atoms with E-state index in [9.17, 15) is 9.90 Å². The van der Waals surface area contributed by atoms with E-state index in [1.165, 1.54) is 0 Å². The van der Waals surface area contributed by atoms with Crippen LogP contribution < -0.4 is 0 Å². The number of phenolic OH excluding ortho intramolecular Hbond substituents is 1. The Bertz CT molecular complexity index is 494. The second-order valence-electron chi connectivity index (χ2n) is 5.94. The molecule has 0 aliphatic carbocycles. The lowest BCUT2D eigenvalue weighted by Crippen LogP contribution is -2.49. The van der Waals surface area contributed by atoms with Crippen LogP contribution in [0.2, 0.25) is 0 Å². The van der Waals surface area contributed by atoms with Crippen molar-refractivity contribution in [3.63, 3.8) is 0 Å². The molecule has 0 radical (unpaired) electrons. The van der Waals surface area contributed by atoms with Gasteiger partial charge < -0.3 is 14.9 Å². The van der Waals surface area contributed by atoms with Gasteiger partial charge in [-0.3, -0.25) is 9.69 Å². The van der Waals surface area contributed by atoms with Crippen molar-refractivity contribution in [1.29, 1.82) is 0 Å². The molecule has 1 N–H and O–H groups in total. The molecule has 1 heterocycles. The average molecular weight is 291 g/mol. The van der Waals surface area contributed by atoms with Gasteiger partial charge in [0.2, 0.25) is 0 Å². The van der Waals surface area contributed by atoms with E-state index in [1.54, 1.807) is 18.2 Å². The molecule has 1 amide bonds. The third-order valence-electron chi connectivity index (χ3n) is 3.97. The number of carbonyl (C=O) groups excluding carboxylic acids is 1. The summed E-state index contributed by atoms with van der Waals surface area (Å²) in [5.74, 6) is 0.297. The first-order valence-electron chi connectivity index (χ1n) is 7.43. The van der Waals surface area contributed by atoms with Gasteiger partial charge >= 0.3 is 0 Å². The lowest BCUT2D eigenvalue weighted by atomic mass is 10.1. The number of hydrogen-bond donors (Lipinski definition) is 1. The molecule has 5 heteroatoms. The molecule has 1 aromatic rings. The Morgan fingerprint density at radius 3 is 2.48 bits per heavy atom. The van der Waals surface area contributed by atoms with Crippen molar-refractivity contribution in [2.24, 2.45) is 0 Å². The van der Waals surface area contributed by atoms with Crippen molar-refractivity contribution < 1.29 is 9.90 Å². The van der Waals surface area contributed by atoms with Crippen LogP contribution >= 0.6 is 0 Å². The Hall–Kier alpha value is -1.59. The summed E-state index contributed by atoms with van der Waals surface area (Å²) in [5.41, 5.74) is 1.40. The van der Waals surface area contributed by atoms with Crippen molar-refractivity contribution in [2.75, 3.05) is 53.4 Å². The SMILES string of the molecule is Cc1cc(C(=O)N2CCN(CCN(C)C)CC2)ccc1O. The number of carbonyl (C=O) groups is 1. The first-order chi connectivity index (χ1) is 9.97. The van der Waals surface area contributed by atoms with Gasteiger partial charge in [-0.2, -0.15) is 0 Å². The molecule has 1 fully saturated rings. The van der Waals surface area contributed by atoms with E-state index < -0.39 is 0 Å². The standard InChI is InChI=1S/C16H25N3O2/c1-13-12-14(4-5-15(13)20)16(21)19-10-8-18(9-11-19)7-6-17(2)3/h4-5,12,20H,6-11H2,1-3H3. The molecule has 1 aromatic carbocycles. The fourth-order valence-corrected chi connectivity index (χ4v) is 2.49. The molecule has 0 unspecified atom stereocenters. The highest BCUT2D eigenvalue weighted by atomic mass is 16.3. The maximum atomic E-state index is 12.5. The summed E-state index contributed by atoms with van der Waals surface area (Å²) in [7, 11) is 4.15. The number of aromatic hydroxyl groups is 1. The number of phenols is 1. The molecule has 1 saturated heterocycles. The van der Waals surface area contributed by atoms with Crippen molar-refractivity contribution in [2.45, 2.75) is 6.92 Å². The quantitative estimate of drug-likeness (QED) is 0.900. The van der Waals surface area contributed by atoms with E-state index >= 15 is 0 Å². The predicted octanol–water partition coefficient (Wildman–Crippen LogP) is 1.02. The van der Waals surface area contributed by atoms with E-state index in [4.69, 9.17) is 0 Å². The molecule has 116 valence electrons. The summed E-state index contributed by atoms with van der Waals surface area (Å²) in [6.45, 7) is 7.30. The van der Waals surface area contributed by atoms with E-state index in [-0.39, 0.29) is 11.7 Å². The lowest BCUT2D eigenvalue weighted by Gasteiger charge is -2.35. The summed E-state index contributed by atoms with van der Waals surface area (Å²) in [6, 6.07) is 5.05. The van der Waals surface area contributed by atoms with Crippen molar-refractivity contribution in [3.05, 3.63) is 29.3 Å². The molecule has 1 aliphatic rings. The van der Waals surface area contributed by atoms with Gasteiger partial charge in [-0.25, -0.2) is 0 Å². The van der Waals surface area contributed by atoms with Gasteiger partial charge in [0.15, 0.2) is 0 Å². The smallest absolute Gasteiger partial charge is 0.253 e. The first-order valence-corrected chi connectivity index (χ1v) is 7.43. The zero-order chi connectivity index (χ0) is 15.4. The molecule has 0 saturated carbocycles. The van der Waals surface area contributed by atoms with Gasteiger partial charge in [-0.15, -0.1) is 0 Å². The van der Waals surface area contributed by atoms with E-state index in [0.29, 0.717) is 5.56 Å². The highest BCUT2D eigenvalue weighted by molar-refractivity contribution is 5.94. The monoisotopic (exact) mass is 291 g/mol. The molecule has 2 rings (SSSR count). The predicted molar refractivity (Wildman–Crippen MR) is 83.7 cm³/mol. The summed E-state index contributed by atoms with van der Waals surface area (Å²) in [4.78, 5) is 18.9. The number of benzene rings is 1. The fourth-order valence-electron chi connectivity index (χ4n) is 2.49. The second-order valence-corrected chi connectivity index (χ2v) is 5.94. The summed E-state index contributed by atoms with van der Waals surface area (Å²) >= 11 is 0. The van der Waals surface area contributed by atoms with Crippen LogP contribution in [0.25, 0.3) is 0 Å². The van der Waals surface area contributed by atoms with Gasteiger partial charge in [0.25, 0.3) is 5.91 Å². The first kappa shape index (κ1) is 15.8. The van der Waals surface area contributed by atoms with Gasteiger partial charge in [-0.1, -0.05) is 0 Å². The Morgan fingerprint density at radius 1 is 1.24 bits per heavy atom. The number of likely N-dealkylation sites (N-methyl/N-ethyl adjacent to an activating group) is 1. The third-order valence-corrected chi connectivity index (χ3v) is 3.97. The maximum Gasteiger partial charge on any atom is 0.253 e. The van der Waals surface area contributed by atoms with Gasteiger partial charge in [-0.05, 0) is 44.8 Å². The zero-order valence-corrected chi connectivity index (χ0v) is 13.2. The molecule has 21 heavy (non-hydrogen) atoms. The van der Waals surface area contributed by atoms with Crippen LogP contribution in [0.5, 0.6) is 5.75 Å². The normalized spacial score (nSPS) is 16.5. The lowest BCUT2D eigenvalue weighted by molar-refractivity contribution is 0.0629. The molecular formula is C16H25N3O2. The van der Waals surface area contributed by atoms with E-state index in [2.05, 4.69) is 23.9 Å². The largest absolute Gasteiger partial charge is 0.508 e. The zero-order valence-electron chi connectivity index (χ0n) is 13.2. The van der Waals surface area contributed by atoms with Crippen LogP contribution in [-0.4, -0.2) is 79.1 Å². The minimum atomic E-state index is 0.0605. The average Bonchev–Trinajstić information content (AvgIpc) is 2.48. The van der Waals surface area contributed by atoms with Crippen LogP contribution in [0.1, 0.15) is 15.9 Å². The Kier molecular flexibility index (Phi) is 5.20. The Balaban J connectivity index is 1.89. The van der Waals surface area contributed by atoms with Crippen molar-refractivity contribution in [3.8, 4) is 5.75 Å². The Labute approximate surface area is 126 Å². The van der Waals surface area contributed by atoms with Crippen LogP contribution in [0, 0.1) is 6.92 Å². The van der Waals surface area contributed by atoms with Crippen LogP contribution in [0.15, 0.2) is 18.2 Å². The summed E-state index contributed by atoms with van der Waals surface area (Å²) < 4.78 is 0. The van der Waals surface area contributed by atoms with Gasteiger partial charge in [0.05, 0.1) is 0 Å². The van der Waals surface area contributed by atoms with Crippen molar-refractivity contribution in [1.82, 2.24) is 14.7 Å². The molecule has 0 bridgehead atoms. The number of amides is 1. The molecule has 0 atom stereocenters. The molecule has 5 nitrogen and oxygen atoms in total. The number of rotatable bonds is 4. The number of hydrogen-bond acceptors (Lipinski definition) is 4. The van der Waals surface area contributed by atoms with E-state index in [0.717, 1.165) is 44.8 Å². The van der Waals surface area contributed by atoms with Crippen LogP contribution in [-0.2, 0) is 0 Å². The minimum absolute atomic E-state index is 0.0605.